The van der Waals surface area contributed by atoms with Crippen molar-refractivity contribution in [2.75, 3.05) is 0 Å². The van der Waals surface area contributed by atoms with Crippen LogP contribution in [0.3, 0.4) is 0 Å². The van der Waals surface area contributed by atoms with Crippen molar-refractivity contribution in [2.45, 2.75) is 60.3 Å². The van der Waals surface area contributed by atoms with Crippen LogP contribution in [0.4, 0.5) is 105 Å². The summed E-state index contributed by atoms with van der Waals surface area (Å²) in [5.74, 6) is -47.6. The molecule has 147 heavy (non-hydrogen) atoms. The molecule has 0 spiro atoms. The molecule has 0 aliphatic carbocycles. The molecule has 8 aromatic carbocycles. The Bertz CT molecular complexity index is 7430. The van der Waals surface area contributed by atoms with Gasteiger partial charge in [-0.2, -0.15) is 0 Å². The van der Waals surface area contributed by atoms with Crippen LogP contribution in [-0.2, 0) is 201 Å². The van der Waals surface area contributed by atoms with Gasteiger partial charge in [-0.1, -0.05) is 24.3 Å². The summed E-state index contributed by atoms with van der Waals surface area (Å²) in [7, 11) is 0. The summed E-state index contributed by atoms with van der Waals surface area (Å²) in [5, 5.41) is -0.695. The molecule has 0 bridgehead atoms. The average molecular weight is 2500 g/mol. The first-order chi connectivity index (χ1) is 68.0. The van der Waals surface area contributed by atoms with Crippen molar-refractivity contribution in [3.05, 3.63) is 363 Å². The van der Waals surface area contributed by atoms with E-state index in [0.717, 1.165) is 0 Å². The second-order valence-corrected chi connectivity index (χ2v) is 34.5. The zero-order valence-electron chi connectivity index (χ0n) is 70.0. The molecule has 0 atom stereocenters. The second kappa shape index (κ2) is 49.0. The van der Waals surface area contributed by atoms with Crippen molar-refractivity contribution < 1.29 is 155 Å². The first-order valence-corrected chi connectivity index (χ1v) is 45.5. The molecule has 18 aromatic rings. The van der Waals surface area contributed by atoms with Crippen LogP contribution < -0.4 is 0 Å². The standard InChI is InChI=1S/2C15H2F10N2S3.2C15H10F2N2S3.2C13H10N4S3.3Ni/c2*16-1-3(18)7(22)11(8(23)4(1)19)26-13(28)14(29)27(15(26)30)12-9(24)5(20)2(17)6(21)10(12)25;2*16-9-1-5-11(6-2-9)18-13(20)14(21)19(15(18)22)12-7-3-10(17)4-8-12;2*18-11-12(19)17(10-6-2-4-8-15-10)13(20)16(11)9-5-1-3-7-14-9;;;/h2*28-29H;2*1-8,20-21H;2*1-8,18-19H;;;/p-12. The molecule has 0 N–H and O–H groups in total. The van der Waals surface area contributed by atoms with E-state index >= 15 is 0 Å². The molecule has 0 fully saturated rings. The first-order valence-electron chi connectivity index (χ1n) is 38.1. The molecule has 18 rings (SSSR count). The van der Waals surface area contributed by atoms with Crippen molar-refractivity contribution in [1.29, 1.82) is 0 Å². The Morgan fingerprint density at radius 2 is 0.279 bits per heavy atom. The Balaban J connectivity index is 0.000000181. The van der Waals surface area contributed by atoms with Gasteiger partial charge in [-0.25, -0.2) is 125 Å². The number of hydrogen-bond acceptors (Lipinski definition) is 22. The molecule has 0 saturated heterocycles. The molecular weight excluding hydrogens is 2470 g/mol. The minimum Gasteiger partial charge on any atom is -0.762 e. The number of pyridine rings is 4. The van der Waals surface area contributed by atoms with Gasteiger partial charge in [-0.3, -0.25) is 18.3 Å². The molecule has 0 unspecified atom stereocenters. The van der Waals surface area contributed by atoms with Crippen LogP contribution in [0.15, 0.2) is 255 Å². The summed E-state index contributed by atoms with van der Waals surface area (Å²) < 4.78 is 339. The average Bonchev–Trinajstić information content (AvgIpc) is 1.58. The van der Waals surface area contributed by atoms with Gasteiger partial charge in [0.1, 0.15) is 69.3 Å². The Morgan fingerprint density at radius 3 is 0.422 bits per heavy atom. The van der Waals surface area contributed by atoms with E-state index in [0.29, 0.717) is 105 Å². The fourth-order valence-electron chi connectivity index (χ4n) is 12.8. The van der Waals surface area contributed by atoms with E-state index in [9.17, 15) is 105 Å². The number of halogens is 24. The molecule has 61 heteroatoms. The van der Waals surface area contributed by atoms with Crippen LogP contribution in [0.2, 0.25) is 0 Å². The maximum Gasteiger partial charge on any atom is 0.200 e. The zero-order chi connectivity index (χ0) is 106. The number of aromatic nitrogens is 16. The summed E-state index contributed by atoms with van der Waals surface area (Å²) in [5.41, 5.74) is -4.51. The smallest absolute Gasteiger partial charge is 0.200 e. The van der Waals surface area contributed by atoms with Crippen LogP contribution in [0.5, 0.6) is 0 Å². The minimum absolute atomic E-state index is 0. The van der Waals surface area contributed by atoms with Gasteiger partial charge in [0.05, 0.1) is 0 Å². The van der Waals surface area contributed by atoms with Crippen LogP contribution in [0.25, 0.3) is 68.8 Å². The second-order valence-electron chi connectivity index (χ2n) is 27.7. The van der Waals surface area contributed by atoms with Crippen molar-refractivity contribution >= 4 is 225 Å². The maximum atomic E-state index is 14.1. The molecule has 0 radical (unpaired) electrons. The van der Waals surface area contributed by atoms with Crippen LogP contribution >= 0.6 is 73.3 Å². The van der Waals surface area contributed by atoms with E-state index in [1.165, 1.54) is 48.5 Å². The van der Waals surface area contributed by atoms with Crippen LogP contribution in [0.1, 0.15) is 0 Å². The summed E-state index contributed by atoms with van der Waals surface area (Å²) >= 11 is 92.9. The van der Waals surface area contributed by atoms with Gasteiger partial charge >= 0.3 is 0 Å². The Kier molecular flexibility index (Phi) is 39.4. The largest absolute Gasteiger partial charge is 0.762 e. The fourth-order valence-corrected chi connectivity index (χ4v) is 19.0. The predicted molar refractivity (Wildman–Crippen MR) is 513 cm³/mol. The van der Waals surface area contributed by atoms with Crippen molar-refractivity contribution in [3.63, 3.8) is 0 Å². The van der Waals surface area contributed by atoms with E-state index in [4.69, 9.17) is 225 Å². The fraction of sp³-hybridized carbons (Fsp3) is 0. The molecule has 16 nitrogen and oxygen atoms in total. The van der Waals surface area contributed by atoms with Gasteiger partial charge in [0.25, 0.3) is 0 Å². The van der Waals surface area contributed by atoms with Crippen LogP contribution in [0, 0.1) is 168 Å². The Morgan fingerprint density at radius 1 is 0.156 bits per heavy atom. The third-order valence-electron chi connectivity index (χ3n) is 19.3. The zero-order valence-corrected chi connectivity index (χ0v) is 87.7. The molecular formula is C86H32F24N16Ni3S18-12. The van der Waals surface area contributed by atoms with Crippen molar-refractivity contribution in [2.24, 2.45) is 0 Å². The third-order valence-corrected chi connectivity index (χ3v) is 26.8. The van der Waals surface area contributed by atoms with Crippen molar-refractivity contribution in [1.82, 2.24) is 74.7 Å². The van der Waals surface area contributed by atoms with Gasteiger partial charge in [0.15, 0.2) is 122 Å². The number of benzene rings is 8. The van der Waals surface area contributed by atoms with Crippen molar-refractivity contribution in [3.8, 4) is 68.8 Å². The predicted octanol–water partition coefficient (Wildman–Crippen LogP) is 23.8. The Labute approximate surface area is 937 Å². The SMILES string of the molecule is Fc1c(F)c(F)c(-n2c([S-])c([S-])n(-c3c(F)c(F)c(F)c(F)c3F)c2=S)c(F)c1F.Fc1c(F)c(F)c(-n2c([S-])c([S-])n(-c3c(F)c(F)c(F)c(F)c3F)c2=S)c(F)c1F.Fc1ccc(-n2c([S-])c([S-])n(-c3ccc(F)cc3)c2=S)cc1.Fc1ccc(-n2c([S-])c([S-])n(-c3ccc(F)cc3)c2=S)cc1.S=c1n(-c2ccccn2)c([S-])c([S-])n1-c1ccccn1.S=c1n(-c2ccccn2)c([S-])c([S-])n1-c1ccccn1.[Ni].[Ni].[Ni]. The Hall–Kier alpha value is -10.6. The molecule has 0 aliphatic heterocycles. The molecule has 0 amide bonds. The van der Waals surface area contributed by atoms with Gasteiger partial charge < -0.3 is 188 Å². The molecule has 10 heterocycles. The van der Waals surface area contributed by atoms with E-state index in [1.807, 2.05) is 72.8 Å². The summed E-state index contributed by atoms with van der Waals surface area (Å²) in [4.78, 5) is 17.1. The van der Waals surface area contributed by atoms with E-state index in [-0.39, 0.29) is 91.0 Å². The third kappa shape index (κ3) is 22.7. The number of rotatable bonds is 12. The molecule has 0 aliphatic rings. The monoisotopic (exact) mass is 2490 g/mol. The molecule has 774 valence electrons. The van der Waals surface area contributed by atoms with Crippen LogP contribution in [-0.4, -0.2) is 74.7 Å². The quantitative estimate of drug-likeness (QED) is 0.0289. The normalized spacial score (nSPS) is 10.8. The van der Waals surface area contributed by atoms with E-state index < -0.39 is 169 Å². The summed E-state index contributed by atoms with van der Waals surface area (Å²) in [6, 6.07) is 45.4. The first kappa shape index (κ1) is 118. The summed E-state index contributed by atoms with van der Waals surface area (Å²) in [6.45, 7) is 0. The number of nitrogens with zero attached hydrogens (tertiary/aromatic N) is 16. The van der Waals surface area contributed by atoms with Gasteiger partial charge in [-0.15, -0.1) is 60.3 Å². The summed E-state index contributed by atoms with van der Waals surface area (Å²) in [6.07, 6.45) is 6.75. The van der Waals surface area contributed by atoms with Gasteiger partial charge in [-0.05, 0) is 219 Å². The topological polar surface area (TPSA) is 111 Å². The van der Waals surface area contributed by atoms with Gasteiger partial charge in [0.2, 0.25) is 23.3 Å². The maximum absolute atomic E-state index is 14.1. The number of imidazole rings is 6. The molecule has 10 aromatic heterocycles. The van der Waals surface area contributed by atoms with E-state index in [1.54, 1.807) is 110 Å². The molecule has 0 saturated carbocycles. The van der Waals surface area contributed by atoms with Gasteiger partial charge in [0, 0.05) is 97.0 Å². The number of hydrogen-bond donors (Lipinski definition) is 0. The van der Waals surface area contributed by atoms with E-state index in [2.05, 4.69) is 19.9 Å². The minimum atomic E-state index is -2.52.